The minimum atomic E-state index is -1.94. The van der Waals surface area contributed by atoms with E-state index in [2.05, 4.69) is 6.58 Å². The Kier molecular flexibility index (Phi) is 2.31. The van der Waals surface area contributed by atoms with Gasteiger partial charge < -0.3 is 9.90 Å². The predicted octanol–water partition coefficient (Wildman–Crippen LogP) is 0.0962. The van der Waals surface area contributed by atoms with Crippen molar-refractivity contribution in [2.45, 2.75) is 4.33 Å². The van der Waals surface area contributed by atoms with E-state index in [0.717, 1.165) is 6.08 Å². The van der Waals surface area contributed by atoms with Crippen LogP contribution in [0, 0.1) is 0 Å². The van der Waals surface area contributed by atoms with Crippen LogP contribution in [0.25, 0.3) is 0 Å². The van der Waals surface area contributed by atoms with Crippen molar-refractivity contribution in [3.05, 3.63) is 12.7 Å². The van der Waals surface area contributed by atoms with Crippen molar-refractivity contribution >= 4 is 29.2 Å². The quantitative estimate of drug-likeness (QED) is 0.417. The van der Waals surface area contributed by atoms with Crippen LogP contribution in [-0.4, -0.2) is 10.3 Å². The second kappa shape index (κ2) is 2.37. The molecule has 2 nitrogen and oxygen atoms in total. The Morgan fingerprint density at radius 3 is 2.12 bits per heavy atom. The average molecular weight is 154 g/mol. The molecule has 46 valence electrons. The molecule has 0 aliphatic heterocycles. The maximum atomic E-state index is 9.81. The molecule has 0 radical (unpaired) electrons. The van der Waals surface area contributed by atoms with E-state index < -0.39 is 10.3 Å². The van der Waals surface area contributed by atoms with Gasteiger partial charge in [-0.2, -0.15) is 0 Å². The lowest BCUT2D eigenvalue weighted by atomic mass is 10.4. The van der Waals surface area contributed by atoms with Crippen LogP contribution in [0.5, 0.6) is 0 Å². The number of carboxylic acid groups (broad SMARTS) is 1. The Morgan fingerprint density at radius 1 is 1.75 bits per heavy atom. The van der Waals surface area contributed by atoms with Crippen molar-refractivity contribution < 1.29 is 9.90 Å². The highest BCUT2D eigenvalue weighted by atomic mass is 35.5. The summed E-state index contributed by atoms with van der Waals surface area (Å²) in [6.07, 6.45) is 0.880. The first-order valence-electron chi connectivity index (χ1n) is 1.73. The number of alkyl halides is 2. The van der Waals surface area contributed by atoms with E-state index in [0.29, 0.717) is 0 Å². The molecule has 0 heterocycles. The Hall–Kier alpha value is -0.210. The molecule has 0 aromatic carbocycles. The van der Waals surface area contributed by atoms with E-state index in [1.807, 2.05) is 0 Å². The molecule has 0 spiro atoms. The third-order valence-corrected chi connectivity index (χ3v) is 1.15. The standard InChI is InChI=1S/C4H4Cl2O2/c1-2-4(5,6)3(7)8/h2H,1H2,(H,7,8)/p-1. The molecular weight excluding hydrogens is 151 g/mol. The van der Waals surface area contributed by atoms with Gasteiger partial charge in [0, 0.05) is 0 Å². The monoisotopic (exact) mass is 153 g/mol. The second-order valence-corrected chi connectivity index (χ2v) is 2.50. The van der Waals surface area contributed by atoms with E-state index in [4.69, 9.17) is 23.2 Å². The lowest BCUT2D eigenvalue weighted by Gasteiger charge is -2.13. The van der Waals surface area contributed by atoms with Gasteiger partial charge in [-0.3, -0.25) is 0 Å². The summed E-state index contributed by atoms with van der Waals surface area (Å²) < 4.78 is -1.94. The zero-order chi connectivity index (χ0) is 6.78. The molecule has 0 aromatic heterocycles. The Morgan fingerprint density at radius 2 is 2.12 bits per heavy atom. The summed E-state index contributed by atoms with van der Waals surface area (Å²) in [4.78, 5) is 9.81. The van der Waals surface area contributed by atoms with Crippen LogP contribution >= 0.6 is 23.2 Å². The molecule has 0 aliphatic rings. The molecule has 0 fully saturated rings. The summed E-state index contributed by atoms with van der Waals surface area (Å²) in [6, 6.07) is 0. The fourth-order valence-corrected chi connectivity index (χ4v) is 0.0833. The van der Waals surface area contributed by atoms with Gasteiger partial charge in [0.2, 0.25) is 0 Å². The number of halogens is 2. The minimum Gasteiger partial charge on any atom is -0.547 e. The molecule has 4 heteroatoms. The van der Waals surface area contributed by atoms with Crippen LogP contribution in [0.2, 0.25) is 0 Å². The third-order valence-electron chi connectivity index (χ3n) is 0.529. The molecule has 0 saturated carbocycles. The first kappa shape index (κ1) is 7.79. The van der Waals surface area contributed by atoms with Crippen molar-refractivity contribution in [1.82, 2.24) is 0 Å². The highest BCUT2D eigenvalue weighted by molar-refractivity contribution is 6.58. The number of hydrogen-bond acceptors (Lipinski definition) is 2. The number of carbonyl (C=O) groups is 1. The molecule has 0 rings (SSSR count). The topological polar surface area (TPSA) is 40.1 Å². The second-order valence-electron chi connectivity index (χ2n) is 1.11. The van der Waals surface area contributed by atoms with Crippen molar-refractivity contribution in [3.8, 4) is 0 Å². The van der Waals surface area contributed by atoms with Crippen LogP contribution in [-0.2, 0) is 4.79 Å². The van der Waals surface area contributed by atoms with Crippen molar-refractivity contribution in [2.24, 2.45) is 0 Å². The number of hydrogen-bond donors (Lipinski definition) is 0. The largest absolute Gasteiger partial charge is 0.547 e. The normalized spacial score (nSPS) is 10.8. The molecule has 0 bridgehead atoms. The van der Waals surface area contributed by atoms with Gasteiger partial charge in [-0.15, -0.1) is 0 Å². The van der Waals surface area contributed by atoms with E-state index >= 15 is 0 Å². The van der Waals surface area contributed by atoms with Crippen LogP contribution in [0.1, 0.15) is 0 Å². The zero-order valence-corrected chi connectivity index (χ0v) is 5.37. The SMILES string of the molecule is C=CC(Cl)(Cl)C(=O)[O-]. The van der Waals surface area contributed by atoms with Gasteiger partial charge in [0.15, 0.2) is 4.33 Å². The molecule has 0 aromatic rings. The van der Waals surface area contributed by atoms with Gasteiger partial charge in [0.1, 0.15) is 0 Å². The summed E-state index contributed by atoms with van der Waals surface area (Å²) in [5.41, 5.74) is 0. The smallest absolute Gasteiger partial charge is 0.175 e. The molecule has 0 unspecified atom stereocenters. The van der Waals surface area contributed by atoms with Gasteiger partial charge in [0.25, 0.3) is 0 Å². The Bertz CT molecular complexity index is 119. The van der Waals surface area contributed by atoms with Crippen LogP contribution in [0.15, 0.2) is 12.7 Å². The number of rotatable bonds is 2. The van der Waals surface area contributed by atoms with Gasteiger partial charge >= 0.3 is 0 Å². The van der Waals surface area contributed by atoms with Crippen molar-refractivity contribution in [1.29, 1.82) is 0 Å². The minimum absolute atomic E-state index is 0.880. The number of carbonyl (C=O) groups excluding carboxylic acids is 1. The molecular formula is C4H3Cl2O2-. The van der Waals surface area contributed by atoms with Crippen LogP contribution in [0.4, 0.5) is 0 Å². The zero-order valence-electron chi connectivity index (χ0n) is 3.86. The summed E-state index contributed by atoms with van der Waals surface area (Å²) >= 11 is 10.1. The maximum absolute atomic E-state index is 9.81. The molecule has 0 aliphatic carbocycles. The molecule has 0 N–H and O–H groups in total. The highest BCUT2D eigenvalue weighted by Crippen LogP contribution is 2.19. The third kappa shape index (κ3) is 1.72. The van der Waals surface area contributed by atoms with E-state index in [9.17, 15) is 9.90 Å². The molecule has 0 saturated heterocycles. The first-order valence-corrected chi connectivity index (χ1v) is 2.49. The Labute approximate surface area is 56.7 Å². The lowest BCUT2D eigenvalue weighted by molar-refractivity contribution is -0.305. The summed E-state index contributed by atoms with van der Waals surface area (Å²) in [5.74, 6) is -1.56. The highest BCUT2D eigenvalue weighted by Gasteiger charge is 2.19. The fraction of sp³-hybridized carbons (Fsp3) is 0.250. The summed E-state index contributed by atoms with van der Waals surface area (Å²) in [5, 5.41) is 9.81. The summed E-state index contributed by atoms with van der Waals surface area (Å²) in [6.45, 7) is 3.07. The van der Waals surface area contributed by atoms with Crippen LogP contribution < -0.4 is 5.11 Å². The maximum Gasteiger partial charge on any atom is 0.175 e. The molecule has 0 amide bonds. The first-order chi connectivity index (χ1) is 3.50. The Balaban J connectivity index is 4.12. The van der Waals surface area contributed by atoms with Crippen molar-refractivity contribution in [3.63, 3.8) is 0 Å². The lowest BCUT2D eigenvalue weighted by Crippen LogP contribution is -2.37. The number of aliphatic carboxylic acids is 1. The van der Waals surface area contributed by atoms with Gasteiger partial charge in [0.05, 0.1) is 5.97 Å². The number of carboxylic acids is 1. The molecule has 0 atom stereocenters. The molecule has 8 heavy (non-hydrogen) atoms. The van der Waals surface area contributed by atoms with Crippen molar-refractivity contribution in [2.75, 3.05) is 0 Å². The van der Waals surface area contributed by atoms with E-state index in [1.54, 1.807) is 0 Å². The van der Waals surface area contributed by atoms with E-state index in [1.165, 1.54) is 0 Å². The predicted molar refractivity (Wildman–Crippen MR) is 29.6 cm³/mol. The van der Waals surface area contributed by atoms with E-state index in [-0.39, 0.29) is 0 Å². The average Bonchev–Trinajstić information content (AvgIpc) is 1.67. The summed E-state index contributed by atoms with van der Waals surface area (Å²) in [7, 11) is 0. The van der Waals surface area contributed by atoms with Gasteiger partial charge in [-0.25, -0.2) is 0 Å². The van der Waals surface area contributed by atoms with Gasteiger partial charge in [-0.05, 0) is 0 Å². The fourth-order valence-electron chi connectivity index (χ4n) is 0.0833. The van der Waals surface area contributed by atoms with Crippen LogP contribution in [0.3, 0.4) is 0 Å². The van der Waals surface area contributed by atoms with Gasteiger partial charge in [-0.1, -0.05) is 35.9 Å².